The van der Waals surface area contributed by atoms with Crippen molar-refractivity contribution in [3.8, 4) is 0 Å². The molecule has 8 nitrogen and oxygen atoms in total. The fourth-order valence-corrected chi connectivity index (χ4v) is 4.77. The number of rotatable bonds is 8. The van der Waals surface area contributed by atoms with Gasteiger partial charge < -0.3 is 10.6 Å². The van der Waals surface area contributed by atoms with Crippen molar-refractivity contribution in [1.82, 2.24) is 19.8 Å². The molecule has 1 fully saturated rings. The van der Waals surface area contributed by atoms with Gasteiger partial charge in [0.25, 0.3) is 0 Å². The van der Waals surface area contributed by atoms with Crippen LogP contribution in [-0.2, 0) is 19.6 Å². The zero-order chi connectivity index (χ0) is 21.6. The summed E-state index contributed by atoms with van der Waals surface area (Å²) in [7, 11) is -3.56. The molecule has 1 aromatic rings. The Balaban J connectivity index is 1.86. The molecule has 2 N–H and O–H groups in total. The van der Waals surface area contributed by atoms with Crippen LogP contribution < -0.4 is 10.6 Å². The number of halogens is 1. The summed E-state index contributed by atoms with van der Waals surface area (Å²) in [6.45, 7) is 7.72. The third-order valence-corrected chi connectivity index (χ3v) is 7.57. The summed E-state index contributed by atoms with van der Waals surface area (Å²) in [6.07, 6.45) is 0.833. The van der Waals surface area contributed by atoms with Crippen LogP contribution >= 0.6 is 15.9 Å². The number of amides is 2. The highest BCUT2D eigenvalue weighted by Crippen LogP contribution is 2.23. The quantitative estimate of drug-likeness (QED) is 0.570. The van der Waals surface area contributed by atoms with E-state index < -0.39 is 16.1 Å². The summed E-state index contributed by atoms with van der Waals surface area (Å²) < 4.78 is 28.0. The number of carbonyl (C=O) groups is 2. The van der Waals surface area contributed by atoms with Crippen LogP contribution in [0.25, 0.3) is 0 Å². The molecule has 1 atom stereocenters. The van der Waals surface area contributed by atoms with Crippen molar-refractivity contribution in [2.45, 2.75) is 38.1 Å². The van der Waals surface area contributed by atoms with E-state index in [2.05, 4.69) is 26.6 Å². The fraction of sp³-hybridized carbons (Fsp3) is 0.579. The molecule has 1 aromatic carbocycles. The largest absolute Gasteiger partial charge is 0.354 e. The van der Waals surface area contributed by atoms with Crippen molar-refractivity contribution < 1.29 is 18.0 Å². The third-order valence-electron chi connectivity index (χ3n) is 4.79. The standard InChI is InChI=1S/C19H29BrN4O4S/c1-4-7-21-19(26)15(3)22-18(25)13-23-8-10-24(11-9-23)29(27,28)16-5-6-17(20)14(2)12-16/h5-6,12,15H,4,7-11,13H2,1-3H3,(H,21,26)(H,22,25)/t15-/m0/s1. The van der Waals surface area contributed by atoms with E-state index >= 15 is 0 Å². The molecule has 2 amide bonds. The summed E-state index contributed by atoms with van der Waals surface area (Å²) in [6, 6.07) is 4.39. The lowest BCUT2D eigenvalue weighted by Crippen LogP contribution is -2.53. The second kappa shape index (κ2) is 10.5. The van der Waals surface area contributed by atoms with Crippen molar-refractivity contribution in [2.24, 2.45) is 0 Å². The van der Waals surface area contributed by atoms with Crippen LogP contribution in [0.3, 0.4) is 0 Å². The van der Waals surface area contributed by atoms with Gasteiger partial charge in [0.2, 0.25) is 21.8 Å². The van der Waals surface area contributed by atoms with Crippen LogP contribution in [0.5, 0.6) is 0 Å². The predicted octanol–water partition coefficient (Wildman–Crippen LogP) is 1.09. The first kappa shape index (κ1) is 23.8. The molecule has 0 unspecified atom stereocenters. The molecule has 0 spiro atoms. The highest BCUT2D eigenvalue weighted by atomic mass is 79.9. The zero-order valence-corrected chi connectivity index (χ0v) is 19.5. The van der Waals surface area contributed by atoms with E-state index in [0.29, 0.717) is 32.7 Å². The summed E-state index contributed by atoms with van der Waals surface area (Å²) in [4.78, 5) is 26.2. The van der Waals surface area contributed by atoms with Crippen LogP contribution in [-0.4, -0.2) is 74.7 Å². The number of aryl methyl sites for hydroxylation is 1. The van der Waals surface area contributed by atoms with Gasteiger partial charge in [0.1, 0.15) is 6.04 Å². The number of sulfonamides is 1. The van der Waals surface area contributed by atoms with Crippen molar-refractivity contribution in [3.05, 3.63) is 28.2 Å². The average Bonchev–Trinajstić information content (AvgIpc) is 2.68. The SMILES string of the molecule is CCCNC(=O)[C@H](C)NC(=O)CN1CCN(S(=O)(=O)c2ccc(Br)c(C)c2)CC1. The number of hydrogen-bond acceptors (Lipinski definition) is 5. The Morgan fingerprint density at radius 3 is 2.45 bits per heavy atom. The van der Waals surface area contributed by atoms with E-state index in [0.717, 1.165) is 16.5 Å². The van der Waals surface area contributed by atoms with Gasteiger partial charge in [-0.1, -0.05) is 22.9 Å². The van der Waals surface area contributed by atoms with E-state index in [-0.39, 0.29) is 23.3 Å². The Kier molecular flexibility index (Phi) is 8.62. The van der Waals surface area contributed by atoms with Gasteiger partial charge in [0.15, 0.2) is 0 Å². The van der Waals surface area contributed by atoms with Crippen molar-refractivity contribution in [2.75, 3.05) is 39.3 Å². The molecule has 10 heteroatoms. The Morgan fingerprint density at radius 1 is 1.21 bits per heavy atom. The van der Waals surface area contributed by atoms with Gasteiger partial charge in [-0.25, -0.2) is 8.42 Å². The van der Waals surface area contributed by atoms with Gasteiger partial charge in [0.05, 0.1) is 11.4 Å². The van der Waals surface area contributed by atoms with E-state index in [1.54, 1.807) is 25.1 Å². The molecule has 162 valence electrons. The smallest absolute Gasteiger partial charge is 0.243 e. The van der Waals surface area contributed by atoms with Gasteiger partial charge in [-0.3, -0.25) is 14.5 Å². The molecule has 1 heterocycles. The van der Waals surface area contributed by atoms with Crippen molar-refractivity contribution in [1.29, 1.82) is 0 Å². The summed E-state index contributed by atoms with van der Waals surface area (Å²) in [5.74, 6) is -0.454. The van der Waals surface area contributed by atoms with Crippen LogP contribution in [0.4, 0.5) is 0 Å². The van der Waals surface area contributed by atoms with Gasteiger partial charge in [-0.15, -0.1) is 0 Å². The third kappa shape index (κ3) is 6.50. The van der Waals surface area contributed by atoms with Crippen molar-refractivity contribution in [3.63, 3.8) is 0 Å². The van der Waals surface area contributed by atoms with Crippen LogP contribution in [0.15, 0.2) is 27.6 Å². The average molecular weight is 489 g/mol. The lowest BCUT2D eigenvalue weighted by atomic mass is 10.2. The molecule has 1 saturated heterocycles. The first-order chi connectivity index (χ1) is 13.6. The summed E-state index contributed by atoms with van der Waals surface area (Å²) >= 11 is 3.38. The number of hydrogen-bond donors (Lipinski definition) is 2. The van der Waals surface area contributed by atoms with E-state index in [1.807, 2.05) is 18.7 Å². The van der Waals surface area contributed by atoms with E-state index in [4.69, 9.17) is 0 Å². The molecule has 0 radical (unpaired) electrons. The van der Waals surface area contributed by atoms with Crippen LogP contribution in [0.1, 0.15) is 25.8 Å². The first-order valence-electron chi connectivity index (χ1n) is 9.71. The lowest BCUT2D eigenvalue weighted by molar-refractivity contribution is -0.129. The summed E-state index contributed by atoms with van der Waals surface area (Å²) in [5.41, 5.74) is 0.860. The van der Waals surface area contributed by atoms with Gasteiger partial charge >= 0.3 is 0 Å². The maximum atomic E-state index is 12.9. The Bertz CT molecular complexity index is 839. The second-order valence-corrected chi connectivity index (χ2v) is 9.96. The molecule has 0 bridgehead atoms. The maximum absolute atomic E-state index is 12.9. The highest BCUT2D eigenvalue weighted by molar-refractivity contribution is 9.10. The molecule has 1 aliphatic heterocycles. The lowest BCUT2D eigenvalue weighted by Gasteiger charge is -2.33. The minimum absolute atomic E-state index is 0.136. The second-order valence-electron chi connectivity index (χ2n) is 7.17. The molecule has 0 aliphatic carbocycles. The molecular weight excluding hydrogens is 460 g/mol. The number of benzene rings is 1. The molecule has 29 heavy (non-hydrogen) atoms. The molecule has 1 aliphatic rings. The molecule has 2 rings (SSSR count). The zero-order valence-electron chi connectivity index (χ0n) is 17.1. The maximum Gasteiger partial charge on any atom is 0.243 e. The Hall–Kier alpha value is -1.49. The topological polar surface area (TPSA) is 98.8 Å². The van der Waals surface area contributed by atoms with Crippen LogP contribution in [0, 0.1) is 6.92 Å². The predicted molar refractivity (Wildman–Crippen MR) is 115 cm³/mol. The fourth-order valence-electron chi connectivity index (χ4n) is 3.01. The Labute approximate surface area is 181 Å². The first-order valence-corrected chi connectivity index (χ1v) is 11.9. The van der Waals surface area contributed by atoms with Crippen LogP contribution in [0.2, 0.25) is 0 Å². The van der Waals surface area contributed by atoms with Gasteiger partial charge in [-0.2, -0.15) is 4.31 Å². The minimum atomic E-state index is -3.56. The van der Waals surface area contributed by atoms with E-state index in [9.17, 15) is 18.0 Å². The Morgan fingerprint density at radius 2 is 1.86 bits per heavy atom. The number of piperazine rings is 1. The van der Waals surface area contributed by atoms with Gasteiger partial charge in [-0.05, 0) is 44.0 Å². The molecular formula is C19H29BrN4O4S. The normalized spacial score (nSPS) is 17.0. The number of nitrogens with one attached hydrogen (secondary N) is 2. The van der Waals surface area contributed by atoms with E-state index in [1.165, 1.54) is 4.31 Å². The number of carbonyl (C=O) groups excluding carboxylic acids is 2. The summed E-state index contributed by atoms with van der Waals surface area (Å²) in [5, 5.41) is 5.43. The number of nitrogens with zero attached hydrogens (tertiary/aromatic N) is 2. The monoisotopic (exact) mass is 488 g/mol. The minimum Gasteiger partial charge on any atom is -0.354 e. The highest BCUT2D eigenvalue weighted by Gasteiger charge is 2.29. The van der Waals surface area contributed by atoms with Crippen molar-refractivity contribution >= 4 is 37.8 Å². The molecule has 0 aromatic heterocycles. The molecule has 0 saturated carbocycles. The van der Waals surface area contributed by atoms with Gasteiger partial charge in [0, 0.05) is 37.2 Å².